The molecule has 2 aromatic carbocycles. The molecule has 3 heterocycles. The molecule has 1 saturated heterocycles. The topological polar surface area (TPSA) is 111 Å². The molecule has 10 heteroatoms. The van der Waals surface area contributed by atoms with Gasteiger partial charge < -0.3 is 24.3 Å². The van der Waals surface area contributed by atoms with Crippen LogP contribution in [0.3, 0.4) is 0 Å². The van der Waals surface area contributed by atoms with E-state index in [4.69, 9.17) is 9.15 Å². The molecule has 0 spiro atoms. The first kappa shape index (κ1) is 21.5. The summed E-state index contributed by atoms with van der Waals surface area (Å²) in [6, 6.07) is 9.26. The summed E-state index contributed by atoms with van der Waals surface area (Å²) in [5, 5.41) is 29.1. The van der Waals surface area contributed by atoms with Crippen LogP contribution in [-0.4, -0.2) is 59.4 Å². The van der Waals surface area contributed by atoms with Gasteiger partial charge in [0.1, 0.15) is 11.3 Å². The average Bonchev–Trinajstić information content (AvgIpc) is 3.35. The Kier molecular flexibility index (Phi) is 5.55. The van der Waals surface area contributed by atoms with Gasteiger partial charge in [0, 0.05) is 48.8 Å². The highest BCUT2D eigenvalue weighted by Gasteiger charge is 2.25. The van der Waals surface area contributed by atoms with E-state index < -0.39 is 6.09 Å². The number of nitrogens with zero attached hydrogens (tertiary/aromatic N) is 4. The Balaban J connectivity index is 1.50. The summed E-state index contributed by atoms with van der Waals surface area (Å²) < 4.78 is 12.6. The average molecular weight is 513 g/mol. The summed E-state index contributed by atoms with van der Waals surface area (Å²) in [4.78, 5) is 14.7. The summed E-state index contributed by atoms with van der Waals surface area (Å²) in [7, 11) is 1.59. The van der Waals surface area contributed by atoms with Gasteiger partial charge in [0.05, 0.1) is 29.4 Å². The van der Waals surface area contributed by atoms with E-state index in [0.29, 0.717) is 55.1 Å². The molecule has 5 rings (SSSR count). The zero-order chi connectivity index (χ0) is 23.1. The molecule has 2 N–H and O–H groups in total. The molecule has 2 aliphatic heterocycles. The number of hydrogen-bond donors (Lipinski definition) is 2. The van der Waals surface area contributed by atoms with Crippen LogP contribution in [-0.2, 0) is 6.54 Å². The molecule has 0 unspecified atom stereocenters. The third kappa shape index (κ3) is 3.96. The number of ether oxygens (including phenoxy) is 1. The Morgan fingerprint density at radius 2 is 2.00 bits per heavy atom. The van der Waals surface area contributed by atoms with Crippen LogP contribution in [0.5, 0.6) is 11.5 Å². The molecule has 0 saturated carbocycles. The number of fused-ring (bicyclic) bond motifs is 2. The molecule has 170 valence electrons. The molecule has 0 atom stereocenters. The first-order valence-corrected chi connectivity index (χ1v) is 11.2. The molecule has 1 fully saturated rings. The molecular formula is C23H21BrN4O5. The summed E-state index contributed by atoms with van der Waals surface area (Å²) in [6.45, 7) is 2.58. The number of furan rings is 1. The summed E-state index contributed by atoms with van der Waals surface area (Å²) >= 11 is 3.47. The van der Waals surface area contributed by atoms with Crippen LogP contribution in [0.4, 0.5) is 10.5 Å². The Morgan fingerprint density at radius 1 is 1.21 bits per heavy atom. The van der Waals surface area contributed by atoms with Crippen molar-refractivity contribution in [3.05, 3.63) is 51.7 Å². The molecule has 0 radical (unpaired) electrons. The Hall–Kier alpha value is -3.37. The van der Waals surface area contributed by atoms with Crippen LogP contribution in [0.2, 0.25) is 0 Å². The molecule has 3 aromatic rings. The first-order valence-electron chi connectivity index (χ1n) is 10.4. The van der Waals surface area contributed by atoms with Crippen molar-refractivity contribution in [3.8, 4) is 11.5 Å². The van der Waals surface area contributed by atoms with Gasteiger partial charge in [-0.05, 0) is 30.3 Å². The van der Waals surface area contributed by atoms with Gasteiger partial charge in [-0.2, -0.15) is 0 Å². The molecule has 1 amide bonds. The molecule has 0 aliphatic carbocycles. The number of carbonyl (C=O) groups is 1. The van der Waals surface area contributed by atoms with Crippen molar-refractivity contribution in [2.24, 2.45) is 10.2 Å². The van der Waals surface area contributed by atoms with Gasteiger partial charge in [-0.25, -0.2) is 4.79 Å². The summed E-state index contributed by atoms with van der Waals surface area (Å²) in [5.74, 6) is 0.957. The monoisotopic (exact) mass is 512 g/mol. The lowest BCUT2D eigenvalue weighted by Gasteiger charge is -2.33. The number of rotatable bonds is 4. The van der Waals surface area contributed by atoms with Gasteiger partial charge in [-0.1, -0.05) is 15.9 Å². The third-order valence-corrected chi connectivity index (χ3v) is 6.42. The second kappa shape index (κ2) is 8.53. The maximum atomic E-state index is 11.2. The van der Waals surface area contributed by atoms with E-state index in [1.54, 1.807) is 25.3 Å². The maximum absolute atomic E-state index is 11.2. The summed E-state index contributed by atoms with van der Waals surface area (Å²) in [5.41, 5.74) is 3.53. The van der Waals surface area contributed by atoms with Gasteiger partial charge in [0.15, 0.2) is 11.5 Å². The van der Waals surface area contributed by atoms with Crippen LogP contribution in [0, 0.1) is 0 Å². The van der Waals surface area contributed by atoms with E-state index in [0.717, 1.165) is 21.3 Å². The molecular weight excluding hydrogens is 492 g/mol. The lowest BCUT2D eigenvalue weighted by Crippen LogP contribution is -2.47. The van der Waals surface area contributed by atoms with E-state index in [2.05, 4.69) is 31.1 Å². The minimum absolute atomic E-state index is 0.0238. The molecule has 0 bridgehead atoms. The second-order valence-electron chi connectivity index (χ2n) is 7.87. The first-order chi connectivity index (χ1) is 15.9. The number of methoxy groups -OCH3 is 1. The minimum Gasteiger partial charge on any atom is -0.504 e. The summed E-state index contributed by atoms with van der Waals surface area (Å²) in [6.07, 6.45) is 0.777. The van der Waals surface area contributed by atoms with Crippen LogP contribution < -0.4 is 4.74 Å². The van der Waals surface area contributed by atoms with Crippen molar-refractivity contribution >= 4 is 50.5 Å². The quantitative estimate of drug-likeness (QED) is 0.490. The smallest absolute Gasteiger partial charge is 0.407 e. The predicted molar refractivity (Wildman–Crippen MR) is 126 cm³/mol. The van der Waals surface area contributed by atoms with Crippen LogP contribution in [0.15, 0.2) is 49.5 Å². The highest BCUT2D eigenvalue weighted by molar-refractivity contribution is 9.10. The number of azo groups is 1. The highest BCUT2D eigenvalue weighted by atomic mass is 79.9. The van der Waals surface area contributed by atoms with E-state index in [1.807, 2.05) is 18.2 Å². The molecule has 33 heavy (non-hydrogen) atoms. The second-order valence-corrected chi connectivity index (χ2v) is 8.79. The van der Waals surface area contributed by atoms with E-state index >= 15 is 0 Å². The van der Waals surface area contributed by atoms with Gasteiger partial charge in [-0.15, -0.1) is 10.2 Å². The fourth-order valence-corrected chi connectivity index (χ4v) is 4.52. The number of aromatic hydroxyl groups is 1. The van der Waals surface area contributed by atoms with Crippen molar-refractivity contribution in [3.63, 3.8) is 0 Å². The zero-order valence-electron chi connectivity index (χ0n) is 17.8. The van der Waals surface area contributed by atoms with Gasteiger partial charge in [0.25, 0.3) is 0 Å². The van der Waals surface area contributed by atoms with Crippen LogP contribution in [0.25, 0.3) is 22.7 Å². The highest BCUT2D eigenvalue weighted by Crippen LogP contribution is 2.42. The van der Waals surface area contributed by atoms with E-state index in [9.17, 15) is 15.0 Å². The molecule has 1 aromatic heterocycles. The van der Waals surface area contributed by atoms with Crippen molar-refractivity contribution in [2.45, 2.75) is 6.54 Å². The lowest BCUT2D eigenvalue weighted by molar-refractivity contribution is 0.102. The van der Waals surface area contributed by atoms with Gasteiger partial charge >= 0.3 is 6.09 Å². The zero-order valence-corrected chi connectivity index (χ0v) is 19.4. The fraction of sp³-hybridized carbons (Fsp3) is 0.261. The predicted octanol–water partition coefficient (Wildman–Crippen LogP) is 5.30. The molecule has 9 nitrogen and oxygen atoms in total. The number of carboxylic acid groups (broad SMARTS) is 1. The van der Waals surface area contributed by atoms with E-state index in [-0.39, 0.29) is 11.5 Å². The Morgan fingerprint density at radius 3 is 2.73 bits per heavy atom. The van der Waals surface area contributed by atoms with Crippen LogP contribution in [0.1, 0.15) is 16.9 Å². The Bertz CT molecular complexity index is 1310. The normalized spacial score (nSPS) is 17.2. The minimum atomic E-state index is -0.902. The Labute approximate surface area is 197 Å². The number of amides is 1. The fourth-order valence-electron chi connectivity index (χ4n) is 4.16. The maximum Gasteiger partial charge on any atom is 0.407 e. The largest absolute Gasteiger partial charge is 0.504 e. The van der Waals surface area contributed by atoms with Crippen molar-refractivity contribution < 1.29 is 24.2 Å². The van der Waals surface area contributed by atoms with Crippen LogP contribution >= 0.6 is 15.9 Å². The number of benzene rings is 2. The molecule has 2 aliphatic rings. The number of hydrogen-bond acceptors (Lipinski definition) is 7. The van der Waals surface area contributed by atoms with Gasteiger partial charge in [0.2, 0.25) is 0 Å². The van der Waals surface area contributed by atoms with Gasteiger partial charge in [-0.3, -0.25) is 4.90 Å². The third-order valence-electron chi connectivity index (χ3n) is 5.93. The van der Waals surface area contributed by atoms with Crippen molar-refractivity contribution in [2.75, 3.05) is 33.3 Å². The van der Waals surface area contributed by atoms with Crippen molar-refractivity contribution in [1.29, 1.82) is 0 Å². The standard InChI is InChI=1S/C23H21BrN4O5/c1-32-19-5-3-14-21(29)20(11-18-15-10-13(24)2-4-17(15)25-26-18)33-22(14)16(19)12-27-6-8-28(9-7-27)23(30)31/h2-5,10-11,29H,6-9,12H2,1H3,(H,30,31). The van der Waals surface area contributed by atoms with E-state index in [1.165, 1.54) is 4.90 Å². The number of halogens is 1. The lowest BCUT2D eigenvalue weighted by atomic mass is 10.1. The number of piperazine rings is 1. The SMILES string of the molecule is COc1ccc2c(O)c(C=C3N=Nc4ccc(Br)cc43)oc2c1CN1CCN(C(=O)O)CC1. The van der Waals surface area contributed by atoms with Crippen molar-refractivity contribution in [1.82, 2.24) is 9.80 Å².